The van der Waals surface area contributed by atoms with Crippen molar-refractivity contribution >= 4 is 23.7 Å². The maximum Gasteiger partial charge on any atom is 0.305 e. The summed E-state index contributed by atoms with van der Waals surface area (Å²) in [5.74, 6) is -3.71. The summed E-state index contributed by atoms with van der Waals surface area (Å²) in [6, 6.07) is 4.28. The quantitative estimate of drug-likeness (QED) is 0.137. The number of carboxylic acid groups (broad SMARTS) is 1. The molecule has 3 amide bonds. The van der Waals surface area contributed by atoms with E-state index in [9.17, 15) is 39.6 Å². The van der Waals surface area contributed by atoms with Crippen LogP contribution in [0.1, 0.15) is 24.9 Å². The molecule has 1 rings (SSSR count). The van der Waals surface area contributed by atoms with E-state index in [4.69, 9.17) is 10.8 Å². The standard InChI is InChI=1S/C20H30N4O9/c1-10(26)22-8-12(21)19(32)24-14(9-25)16(29)17(30)18(31)20(33)23-13(7-15(27)28)11-5-3-2-4-6-11/h2-6,12-14,16-18,25,29-31H,7-9,21H2,1H3,(H,22,26)(H,23,33)(H,24,32)(H,27,28)/t12-,13?,14-,16+,17?,18-/m0/s1. The van der Waals surface area contributed by atoms with Crippen molar-refractivity contribution in [1.82, 2.24) is 16.0 Å². The molecule has 0 aliphatic rings. The fraction of sp³-hybridized carbons (Fsp3) is 0.500. The van der Waals surface area contributed by atoms with Crippen LogP contribution in [0.15, 0.2) is 30.3 Å². The molecule has 0 aliphatic heterocycles. The van der Waals surface area contributed by atoms with E-state index in [0.717, 1.165) is 0 Å². The van der Waals surface area contributed by atoms with Gasteiger partial charge in [0.1, 0.15) is 18.2 Å². The topological polar surface area (TPSA) is 232 Å². The van der Waals surface area contributed by atoms with E-state index in [2.05, 4.69) is 16.0 Å². The first-order valence-electron chi connectivity index (χ1n) is 10.0. The predicted octanol–water partition coefficient (Wildman–Crippen LogP) is -3.66. The monoisotopic (exact) mass is 470 g/mol. The first kappa shape index (κ1) is 27.9. The molecular weight excluding hydrogens is 440 g/mol. The first-order valence-corrected chi connectivity index (χ1v) is 10.0. The molecule has 10 N–H and O–H groups in total. The first-order chi connectivity index (χ1) is 15.5. The van der Waals surface area contributed by atoms with Gasteiger partial charge in [-0.3, -0.25) is 19.2 Å². The van der Waals surface area contributed by atoms with Crippen LogP contribution in [0.5, 0.6) is 0 Å². The highest BCUT2D eigenvalue weighted by molar-refractivity contribution is 5.84. The van der Waals surface area contributed by atoms with Crippen molar-refractivity contribution in [3.05, 3.63) is 35.9 Å². The number of carbonyl (C=O) groups is 4. The molecule has 0 aliphatic carbocycles. The number of benzene rings is 1. The maximum atomic E-state index is 12.4. The second-order valence-electron chi connectivity index (χ2n) is 7.34. The van der Waals surface area contributed by atoms with Crippen LogP contribution in [0, 0.1) is 0 Å². The van der Waals surface area contributed by atoms with Crippen molar-refractivity contribution in [2.45, 2.75) is 49.8 Å². The third-order valence-electron chi connectivity index (χ3n) is 4.68. The minimum absolute atomic E-state index is 0.229. The number of amides is 3. The molecule has 1 aromatic rings. The number of hydrogen-bond donors (Lipinski definition) is 9. The van der Waals surface area contributed by atoms with Crippen LogP contribution in [0.4, 0.5) is 0 Å². The van der Waals surface area contributed by atoms with Gasteiger partial charge in [0.15, 0.2) is 6.10 Å². The van der Waals surface area contributed by atoms with Gasteiger partial charge in [-0.15, -0.1) is 0 Å². The molecular formula is C20H30N4O9. The largest absolute Gasteiger partial charge is 0.481 e. The van der Waals surface area contributed by atoms with Gasteiger partial charge in [-0.2, -0.15) is 0 Å². The molecule has 33 heavy (non-hydrogen) atoms. The Bertz CT molecular complexity index is 808. The SMILES string of the molecule is CC(=O)NC[C@H](N)C(=O)N[C@@H](CO)[C@@H](O)C(O)[C@H](O)C(=O)NC(CC(=O)O)c1ccccc1. The molecule has 0 heterocycles. The van der Waals surface area contributed by atoms with E-state index in [-0.39, 0.29) is 6.54 Å². The second-order valence-corrected chi connectivity index (χ2v) is 7.34. The molecule has 0 saturated heterocycles. The molecule has 0 radical (unpaired) electrons. The Morgan fingerprint density at radius 2 is 1.58 bits per heavy atom. The Kier molecular flexibility index (Phi) is 11.4. The fourth-order valence-electron chi connectivity index (χ4n) is 2.82. The third-order valence-corrected chi connectivity index (χ3v) is 4.68. The number of nitrogens with one attached hydrogen (secondary N) is 3. The number of aliphatic hydroxyl groups excluding tert-OH is 4. The minimum atomic E-state index is -2.22. The van der Waals surface area contributed by atoms with Gasteiger partial charge in [0.05, 0.1) is 25.1 Å². The highest BCUT2D eigenvalue weighted by atomic mass is 16.4. The number of carboxylic acids is 1. The minimum Gasteiger partial charge on any atom is -0.481 e. The molecule has 184 valence electrons. The lowest BCUT2D eigenvalue weighted by atomic mass is 9.99. The summed E-state index contributed by atoms with van der Waals surface area (Å²) in [4.78, 5) is 46.5. The molecule has 0 bridgehead atoms. The lowest BCUT2D eigenvalue weighted by Crippen LogP contribution is -2.59. The number of aliphatic carboxylic acids is 1. The van der Waals surface area contributed by atoms with E-state index >= 15 is 0 Å². The number of rotatable bonds is 13. The van der Waals surface area contributed by atoms with Crippen LogP contribution in [-0.4, -0.2) is 92.8 Å². The highest BCUT2D eigenvalue weighted by Gasteiger charge is 2.37. The summed E-state index contributed by atoms with van der Waals surface area (Å²) in [5.41, 5.74) is 6.02. The smallest absolute Gasteiger partial charge is 0.305 e. The lowest BCUT2D eigenvalue weighted by Gasteiger charge is -2.30. The van der Waals surface area contributed by atoms with Crippen LogP contribution in [0.25, 0.3) is 0 Å². The Hall–Kier alpha value is -3.10. The van der Waals surface area contributed by atoms with Gasteiger partial charge in [-0.25, -0.2) is 0 Å². The van der Waals surface area contributed by atoms with Crippen molar-refractivity contribution in [3.63, 3.8) is 0 Å². The molecule has 13 nitrogen and oxygen atoms in total. The Morgan fingerprint density at radius 1 is 0.970 bits per heavy atom. The van der Waals surface area contributed by atoms with E-state index in [1.165, 1.54) is 6.92 Å². The average molecular weight is 470 g/mol. The van der Waals surface area contributed by atoms with Crippen molar-refractivity contribution in [1.29, 1.82) is 0 Å². The Balaban J connectivity index is 2.81. The summed E-state index contributed by atoms with van der Waals surface area (Å²) in [5, 5.41) is 56.0. The van der Waals surface area contributed by atoms with Crippen LogP contribution < -0.4 is 21.7 Å². The summed E-state index contributed by atoms with van der Waals surface area (Å²) >= 11 is 0. The van der Waals surface area contributed by atoms with Crippen molar-refractivity contribution in [2.24, 2.45) is 5.73 Å². The molecule has 6 atom stereocenters. The zero-order valence-electron chi connectivity index (χ0n) is 17.9. The van der Waals surface area contributed by atoms with Crippen LogP contribution in [-0.2, 0) is 19.2 Å². The second kappa shape index (κ2) is 13.4. The van der Waals surface area contributed by atoms with Gasteiger partial charge in [0.25, 0.3) is 5.91 Å². The molecule has 0 spiro atoms. The average Bonchev–Trinajstić information content (AvgIpc) is 2.78. The van der Waals surface area contributed by atoms with E-state index in [1.807, 2.05) is 0 Å². The molecule has 0 saturated carbocycles. The van der Waals surface area contributed by atoms with Crippen LogP contribution >= 0.6 is 0 Å². The molecule has 0 aromatic heterocycles. The number of carbonyl (C=O) groups excluding carboxylic acids is 3. The predicted molar refractivity (Wildman–Crippen MR) is 113 cm³/mol. The summed E-state index contributed by atoms with van der Waals surface area (Å²) in [6.07, 6.45) is -6.89. The van der Waals surface area contributed by atoms with Crippen LogP contribution in [0.2, 0.25) is 0 Å². The van der Waals surface area contributed by atoms with Gasteiger partial charge in [0, 0.05) is 13.5 Å². The van der Waals surface area contributed by atoms with Gasteiger partial charge in [0.2, 0.25) is 11.8 Å². The van der Waals surface area contributed by atoms with E-state index < -0.39 is 73.2 Å². The molecule has 1 aromatic carbocycles. The van der Waals surface area contributed by atoms with Gasteiger partial charge < -0.3 is 47.2 Å². The van der Waals surface area contributed by atoms with Crippen molar-refractivity contribution < 1.29 is 44.7 Å². The zero-order chi connectivity index (χ0) is 25.1. The van der Waals surface area contributed by atoms with Gasteiger partial charge in [-0.05, 0) is 5.56 Å². The van der Waals surface area contributed by atoms with Gasteiger partial charge in [-0.1, -0.05) is 30.3 Å². The van der Waals surface area contributed by atoms with Crippen LogP contribution in [0.3, 0.4) is 0 Å². The normalized spacial score (nSPS) is 16.4. The fourth-order valence-corrected chi connectivity index (χ4v) is 2.82. The highest BCUT2D eigenvalue weighted by Crippen LogP contribution is 2.17. The van der Waals surface area contributed by atoms with Crippen molar-refractivity contribution in [3.8, 4) is 0 Å². The summed E-state index contributed by atoms with van der Waals surface area (Å²) in [6.45, 7) is 0.108. The Labute approximate surface area is 189 Å². The van der Waals surface area contributed by atoms with E-state index in [0.29, 0.717) is 5.56 Å². The third kappa shape index (κ3) is 9.11. The maximum absolute atomic E-state index is 12.4. The van der Waals surface area contributed by atoms with Crippen molar-refractivity contribution in [2.75, 3.05) is 13.2 Å². The summed E-state index contributed by atoms with van der Waals surface area (Å²) in [7, 11) is 0. The van der Waals surface area contributed by atoms with Gasteiger partial charge >= 0.3 is 5.97 Å². The Morgan fingerprint density at radius 3 is 2.09 bits per heavy atom. The molecule has 2 unspecified atom stereocenters. The zero-order valence-corrected chi connectivity index (χ0v) is 17.9. The number of hydrogen-bond acceptors (Lipinski definition) is 9. The number of nitrogens with two attached hydrogens (primary N) is 1. The summed E-state index contributed by atoms with van der Waals surface area (Å²) < 4.78 is 0. The lowest BCUT2D eigenvalue weighted by molar-refractivity contribution is -0.145. The van der Waals surface area contributed by atoms with E-state index in [1.54, 1.807) is 30.3 Å². The molecule has 13 heteroatoms. The molecule has 0 fully saturated rings. The number of aliphatic hydroxyl groups is 4.